The van der Waals surface area contributed by atoms with E-state index in [0.29, 0.717) is 37.9 Å². The summed E-state index contributed by atoms with van der Waals surface area (Å²) in [7, 11) is -0.501. The van der Waals surface area contributed by atoms with Crippen molar-refractivity contribution >= 4 is 28.2 Å². The average Bonchev–Trinajstić information content (AvgIpc) is 3.19. The summed E-state index contributed by atoms with van der Waals surface area (Å²) in [6.07, 6.45) is 1.71. The van der Waals surface area contributed by atoms with E-state index in [4.69, 9.17) is 4.74 Å². The first kappa shape index (κ1) is 21.6. The van der Waals surface area contributed by atoms with Gasteiger partial charge in [0.05, 0.1) is 31.7 Å². The first-order valence-corrected chi connectivity index (χ1v) is 11.5. The zero-order chi connectivity index (χ0) is 22.0. The lowest BCUT2D eigenvalue weighted by Crippen LogP contribution is -2.38. The molecule has 0 amide bonds. The minimum absolute atomic E-state index is 0.200. The summed E-state index contributed by atoms with van der Waals surface area (Å²) in [6, 6.07) is 7.98. The largest absolute Gasteiger partial charge is 0.378 e. The van der Waals surface area contributed by atoms with Gasteiger partial charge in [0.15, 0.2) is 0 Å². The van der Waals surface area contributed by atoms with Crippen LogP contribution in [0.5, 0.6) is 0 Å². The van der Waals surface area contributed by atoms with Crippen LogP contribution in [0.25, 0.3) is 0 Å². The molecule has 2 aliphatic rings. The maximum absolute atomic E-state index is 12.7. The van der Waals surface area contributed by atoms with Crippen molar-refractivity contribution in [2.24, 2.45) is 5.10 Å². The molecule has 2 aromatic rings. The molecule has 0 unspecified atom stereocenters. The number of ether oxygens (including phenoxy) is 1. The molecule has 3 heterocycles. The Morgan fingerprint density at radius 3 is 2.68 bits per heavy atom. The Bertz CT molecular complexity index is 1080. The lowest BCUT2D eigenvalue weighted by molar-refractivity contribution is 0.122. The molecule has 0 spiro atoms. The van der Waals surface area contributed by atoms with Gasteiger partial charge >= 0.3 is 0 Å². The van der Waals surface area contributed by atoms with Crippen molar-refractivity contribution in [3.8, 4) is 0 Å². The second-order valence-corrected chi connectivity index (χ2v) is 9.88. The highest BCUT2D eigenvalue weighted by molar-refractivity contribution is 7.86. The molecule has 1 N–H and O–H groups in total. The smallest absolute Gasteiger partial charge is 0.282 e. The van der Waals surface area contributed by atoms with Gasteiger partial charge in [0.2, 0.25) is 5.95 Å². The molecule has 4 rings (SSSR count). The van der Waals surface area contributed by atoms with Gasteiger partial charge in [0.1, 0.15) is 5.82 Å². The number of rotatable bonds is 6. The molecule has 0 aliphatic carbocycles. The summed E-state index contributed by atoms with van der Waals surface area (Å²) in [4.78, 5) is 11.4. The number of benzene rings is 1. The number of anilines is 2. The number of hydrogen-bond donors (Lipinski definition) is 1. The van der Waals surface area contributed by atoms with Crippen LogP contribution >= 0.6 is 0 Å². The quantitative estimate of drug-likeness (QED) is 0.526. The van der Waals surface area contributed by atoms with Crippen molar-refractivity contribution in [2.45, 2.75) is 20.0 Å². The van der Waals surface area contributed by atoms with Gasteiger partial charge in [-0.15, -0.1) is 0 Å². The van der Waals surface area contributed by atoms with Crippen LogP contribution in [0, 0.1) is 6.92 Å². The van der Waals surface area contributed by atoms with Crippen LogP contribution in [0.1, 0.15) is 22.4 Å². The molecule has 10 nitrogen and oxygen atoms in total. The number of hydrazone groups is 1. The number of aromatic nitrogens is 2. The molecule has 1 aromatic carbocycles. The maximum Gasteiger partial charge on any atom is 0.282 e. The monoisotopic (exact) mass is 445 g/mol. The van der Waals surface area contributed by atoms with E-state index >= 15 is 0 Å². The molecule has 0 atom stereocenters. The summed E-state index contributed by atoms with van der Waals surface area (Å²) in [6.45, 7) is 5.06. The molecule has 0 bridgehead atoms. The van der Waals surface area contributed by atoms with Gasteiger partial charge in [0, 0.05) is 39.3 Å². The van der Waals surface area contributed by atoms with E-state index < -0.39 is 10.2 Å². The van der Waals surface area contributed by atoms with Gasteiger partial charge in [-0.3, -0.25) is 0 Å². The number of nitrogens with one attached hydrogen (secondary N) is 1. The van der Waals surface area contributed by atoms with E-state index in [9.17, 15) is 8.42 Å². The summed E-state index contributed by atoms with van der Waals surface area (Å²) >= 11 is 0. The van der Waals surface area contributed by atoms with Gasteiger partial charge in [-0.05, 0) is 12.5 Å². The second-order valence-electron chi connectivity index (χ2n) is 7.74. The lowest BCUT2D eigenvalue weighted by atomic mass is 10.2. The fourth-order valence-corrected chi connectivity index (χ4v) is 4.64. The lowest BCUT2D eigenvalue weighted by Gasteiger charge is -2.29. The molecular formula is C20H27N7O3S. The maximum atomic E-state index is 12.7. The zero-order valence-corrected chi connectivity index (χ0v) is 18.8. The Balaban J connectivity index is 1.62. The zero-order valence-electron chi connectivity index (χ0n) is 17.9. The molecule has 31 heavy (non-hydrogen) atoms. The van der Waals surface area contributed by atoms with Crippen LogP contribution in [0.4, 0.5) is 11.8 Å². The minimum Gasteiger partial charge on any atom is -0.378 e. The molecular weight excluding hydrogens is 418 g/mol. The van der Waals surface area contributed by atoms with E-state index in [1.807, 2.05) is 31.2 Å². The van der Waals surface area contributed by atoms with Crippen LogP contribution in [-0.2, 0) is 28.0 Å². The van der Waals surface area contributed by atoms with Gasteiger partial charge < -0.3 is 9.64 Å². The van der Waals surface area contributed by atoms with Crippen LogP contribution in [0.3, 0.4) is 0 Å². The number of nitrogens with zero attached hydrogens (tertiary/aromatic N) is 6. The van der Waals surface area contributed by atoms with Crippen LogP contribution in [-0.4, -0.2) is 73.6 Å². The fourth-order valence-electron chi connectivity index (χ4n) is 3.60. The number of fused-ring (bicyclic) bond motifs is 1. The van der Waals surface area contributed by atoms with Crippen molar-refractivity contribution in [1.82, 2.24) is 18.6 Å². The van der Waals surface area contributed by atoms with Crippen molar-refractivity contribution < 1.29 is 13.2 Å². The number of hydrogen-bond acceptors (Lipinski definition) is 8. The first-order chi connectivity index (χ1) is 14.8. The standard InChI is InChI=1S/C20H27N7O3S/c1-15-5-4-6-16(11-15)12-21-24-20-22-18-14-27(31(28,29)25(2)3)13-17(18)19(23-20)26-7-9-30-10-8-26/h4-6,11-12H,7-10,13-14H2,1-3H3,(H,22,23,24)/b21-12+. The summed E-state index contributed by atoms with van der Waals surface area (Å²) in [5.74, 6) is 1.08. The number of aryl methyl sites for hydroxylation is 1. The minimum atomic E-state index is -3.56. The molecule has 1 aromatic heterocycles. The van der Waals surface area contributed by atoms with Gasteiger partial charge in [-0.2, -0.15) is 27.1 Å². The Labute approximate surface area is 182 Å². The molecule has 1 fully saturated rings. The summed E-state index contributed by atoms with van der Waals surface area (Å²) in [5, 5.41) is 4.28. The van der Waals surface area contributed by atoms with Crippen LogP contribution < -0.4 is 10.3 Å². The predicted molar refractivity (Wildman–Crippen MR) is 119 cm³/mol. The molecule has 166 valence electrons. The van der Waals surface area contributed by atoms with Gasteiger partial charge in [-0.1, -0.05) is 29.8 Å². The van der Waals surface area contributed by atoms with Crippen molar-refractivity contribution in [2.75, 3.05) is 50.7 Å². The SMILES string of the molecule is Cc1cccc(/C=N/Nc2nc3c(c(N4CCOCC4)n2)CN(S(=O)(=O)N(C)C)C3)c1. The summed E-state index contributed by atoms with van der Waals surface area (Å²) in [5.41, 5.74) is 6.54. The number of morpholine rings is 1. The molecule has 11 heteroatoms. The van der Waals surface area contributed by atoms with Crippen LogP contribution in [0.15, 0.2) is 29.4 Å². The highest BCUT2D eigenvalue weighted by atomic mass is 32.2. The van der Waals surface area contributed by atoms with Crippen molar-refractivity contribution in [1.29, 1.82) is 0 Å². The highest BCUT2D eigenvalue weighted by Crippen LogP contribution is 2.32. The van der Waals surface area contributed by atoms with E-state index in [2.05, 4.69) is 25.4 Å². The Hall–Kier alpha value is -2.60. The van der Waals surface area contributed by atoms with Gasteiger partial charge in [0.25, 0.3) is 10.2 Å². The third-order valence-corrected chi connectivity index (χ3v) is 7.08. The van der Waals surface area contributed by atoms with Crippen molar-refractivity contribution in [3.05, 3.63) is 46.6 Å². The summed E-state index contributed by atoms with van der Waals surface area (Å²) < 4.78 is 33.4. The predicted octanol–water partition coefficient (Wildman–Crippen LogP) is 1.19. The van der Waals surface area contributed by atoms with Crippen LogP contribution in [0.2, 0.25) is 0 Å². The molecule has 0 radical (unpaired) electrons. The third-order valence-electron chi connectivity index (χ3n) is 5.25. The second kappa shape index (κ2) is 8.87. The first-order valence-electron chi connectivity index (χ1n) is 10.1. The topological polar surface area (TPSA) is 103 Å². The average molecular weight is 446 g/mol. The van der Waals surface area contributed by atoms with Crippen molar-refractivity contribution in [3.63, 3.8) is 0 Å². The fraction of sp³-hybridized carbons (Fsp3) is 0.450. The Kier molecular flexibility index (Phi) is 6.19. The van der Waals surface area contributed by atoms with E-state index in [1.54, 1.807) is 6.21 Å². The van der Waals surface area contributed by atoms with E-state index in [0.717, 1.165) is 22.5 Å². The third kappa shape index (κ3) is 4.69. The Morgan fingerprint density at radius 1 is 1.19 bits per heavy atom. The van der Waals surface area contributed by atoms with Gasteiger partial charge in [-0.25, -0.2) is 10.4 Å². The van der Waals surface area contributed by atoms with E-state index in [1.165, 1.54) is 22.7 Å². The van der Waals surface area contributed by atoms with E-state index in [-0.39, 0.29) is 13.1 Å². The molecule has 0 saturated carbocycles. The molecule has 2 aliphatic heterocycles. The Morgan fingerprint density at radius 2 is 1.97 bits per heavy atom. The highest BCUT2D eigenvalue weighted by Gasteiger charge is 2.35. The molecule has 1 saturated heterocycles. The normalized spacial score (nSPS) is 17.5.